The molecule has 0 fully saturated rings. The van der Waals surface area contributed by atoms with Crippen LogP contribution in [0.5, 0.6) is 0 Å². The highest BCUT2D eigenvalue weighted by molar-refractivity contribution is 5.58. The Morgan fingerprint density at radius 2 is 1.71 bits per heavy atom. The summed E-state index contributed by atoms with van der Waals surface area (Å²) in [5.74, 6) is -1.27. The summed E-state index contributed by atoms with van der Waals surface area (Å²) >= 11 is 0. The first kappa shape index (κ1) is 15.1. The van der Waals surface area contributed by atoms with Gasteiger partial charge in [0.05, 0.1) is 5.56 Å². The Bertz CT molecular complexity index is 652. The number of anilines is 2. The van der Waals surface area contributed by atoms with Gasteiger partial charge in [-0.1, -0.05) is 0 Å². The van der Waals surface area contributed by atoms with Crippen LogP contribution in [0.25, 0.3) is 0 Å². The second-order valence-corrected chi connectivity index (χ2v) is 4.39. The molecule has 0 aliphatic heterocycles. The van der Waals surface area contributed by atoms with E-state index in [0.29, 0.717) is 0 Å². The summed E-state index contributed by atoms with van der Waals surface area (Å²) in [7, 11) is 0. The number of hydrogen-bond acceptors (Lipinski definition) is 2. The van der Waals surface area contributed by atoms with Crippen molar-refractivity contribution in [1.82, 2.24) is 0 Å². The van der Waals surface area contributed by atoms with Crippen molar-refractivity contribution < 1.29 is 22.0 Å². The van der Waals surface area contributed by atoms with Crippen LogP contribution in [0.1, 0.15) is 11.1 Å². The van der Waals surface area contributed by atoms with E-state index in [-0.39, 0.29) is 17.8 Å². The number of nitrogens with two attached hydrogens (primary N) is 1. The van der Waals surface area contributed by atoms with Crippen LogP contribution in [0, 0.1) is 11.6 Å². The van der Waals surface area contributed by atoms with E-state index in [1.54, 1.807) is 0 Å². The van der Waals surface area contributed by atoms with Crippen LogP contribution < -0.4 is 11.1 Å². The molecule has 2 aromatic carbocycles. The molecule has 0 spiro atoms. The minimum atomic E-state index is -4.58. The van der Waals surface area contributed by atoms with Crippen molar-refractivity contribution in [3.8, 4) is 0 Å². The molecule has 0 bridgehead atoms. The maximum Gasteiger partial charge on any atom is 0.418 e. The zero-order valence-electron chi connectivity index (χ0n) is 10.6. The monoisotopic (exact) mass is 302 g/mol. The van der Waals surface area contributed by atoms with Crippen LogP contribution >= 0.6 is 0 Å². The maximum absolute atomic E-state index is 13.4. The van der Waals surface area contributed by atoms with Crippen molar-refractivity contribution >= 4 is 11.4 Å². The number of nitrogens with one attached hydrogen (secondary N) is 1. The molecular formula is C14H11F5N2. The van der Waals surface area contributed by atoms with Gasteiger partial charge < -0.3 is 11.1 Å². The first-order chi connectivity index (χ1) is 9.77. The van der Waals surface area contributed by atoms with Gasteiger partial charge in [0.1, 0.15) is 11.6 Å². The first-order valence-electron chi connectivity index (χ1n) is 5.92. The van der Waals surface area contributed by atoms with Gasteiger partial charge in [0, 0.05) is 23.5 Å². The molecule has 0 heterocycles. The minimum absolute atomic E-state index is 0.0142. The molecule has 0 saturated heterocycles. The molecular weight excluding hydrogens is 291 g/mol. The fourth-order valence-corrected chi connectivity index (χ4v) is 1.79. The highest BCUT2D eigenvalue weighted by Crippen LogP contribution is 2.35. The Hall–Kier alpha value is -2.31. The third kappa shape index (κ3) is 3.62. The van der Waals surface area contributed by atoms with E-state index in [2.05, 4.69) is 5.32 Å². The zero-order chi connectivity index (χ0) is 15.6. The molecule has 112 valence electrons. The van der Waals surface area contributed by atoms with Crippen molar-refractivity contribution in [2.75, 3.05) is 11.1 Å². The lowest BCUT2D eigenvalue weighted by Crippen LogP contribution is -2.10. The van der Waals surface area contributed by atoms with Gasteiger partial charge in [-0.25, -0.2) is 8.78 Å². The van der Waals surface area contributed by atoms with E-state index in [4.69, 9.17) is 5.73 Å². The van der Waals surface area contributed by atoms with E-state index in [1.807, 2.05) is 0 Å². The summed E-state index contributed by atoms with van der Waals surface area (Å²) in [5.41, 5.74) is 4.02. The van der Waals surface area contributed by atoms with E-state index in [9.17, 15) is 22.0 Å². The van der Waals surface area contributed by atoms with Gasteiger partial charge in [0.25, 0.3) is 0 Å². The molecule has 0 radical (unpaired) electrons. The number of hydrogen-bond donors (Lipinski definition) is 2. The normalized spacial score (nSPS) is 11.5. The Kier molecular flexibility index (Phi) is 4.02. The lowest BCUT2D eigenvalue weighted by atomic mass is 10.1. The summed E-state index contributed by atoms with van der Waals surface area (Å²) in [5, 5.41) is 2.61. The van der Waals surface area contributed by atoms with Gasteiger partial charge in [-0.05, 0) is 36.4 Å². The second-order valence-electron chi connectivity index (χ2n) is 4.39. The van der Waals surface area contributed by atoms with E-state index in [0.717, 1.165) is 30.3 Å². The van der Waals surface area contributed by atoms with Gasteiger partial charge in [-0.3, -0.25) is 0 Å². The molecule has 0 atom stereocenters. The van der Waals surface area contributed by atoms with Crippen molar-refractivity contribution in [1.29, 1.82) is 0 Å². The number of halogens is 5. The molecule has 3 N–H and O–H groups in total. The Morgan fingerprint density at radius 3 is 2.38 bits per heavy atom. The quantitative estimate of drug-likeness (QED) is 0.659. The SMILES string of the molecule is Nc1ccc(NCc2cc(F)ccc2F)cc1C(F)(F)F. The standard InChI is InChI=1S/C14H11F5N2/c15-9-1-3-12(16)8(5-9)7-21-10-2-4-13(20)11(6-10)14(17,18)19/h1-6,21H,7,20H2. The third-order valence-corrected chi connectivity index (χ3v) is 2.85. The van der Waals surface area contributed by atoms with Crippen LogP contribution in [-0.2, 0) is 12.7 Å². The van der Waals surface area contributed by atoms with Gasteiger partial charge in [-0.15, -0.1) is 0 Å². The summed E-state index contributed by atoms with van der Waals surface area (Å²) in [6.07, 6.45) is -4.58. The summed E-state index contributed by atoms with van der Waals surface area (Å²) in [6, 6.07) is 6.16. The van der Waals surface area contributed by atoms with Crippen molar-refractivity contribution in [2.45, 2.75) is 12.7 Å². The molecule has 0 aliphatic carbocycles. The molecule has 0 aliphatic rings. The predicted octanol–water partition coefficient (Wildman–Crippen LogP) is 4.18. The molecule has 0 aromatic heterocycles. The number of rotatable bonds is 3. The van der Waals surface area contributed by atoms with Gasteiger partial charge in [-0.2, -0.15) is 13.2 Å². The molecule has 21 heavy (non-hydrogen) atoms. The lowest BCUT2D eigenvalue weighted by molar-refractivity contribution is -0.136. The fourth-order valence-electron chi connectivity index (χ4n) is 1.79. The molecule has 2 nitrogen and oxygen atoms in total. The summed E-state index contributed by atoms with van der Waals surface area (Å²) in [6.45, 7) is -0.148. The van der Waals surface area contributed by atoms with Gasteiger partial charge in [0.15, 0.2) is 0 Å². The average Bonchev–Trinajstić information content (AvgIpc) is 2.40. The fraction of sp³-hybridized carbons (Fsp3) is 0.143. The Morgan fingerprint density at radius 1 is 1.00 bits per heavy atom. The Balaban J connectivity index is 2.19. The molecule has 0 unspecified atom stereocenters. The summed E-state index contributed by atoms with van der Waals surface area (Å²) in [4.78, 5) is 0. The largest absolute Gasteiger partial charge is 0.418 e. The van der Waals surface area contributed by atoms with Gasteiger partial charge >= 0.3 is 6.18 Å². The molecule has 0 saturated carbocycles. The summed E-state index contributed by atoms with van der Waals surface area (Å²) < 4.78 is 64.5. The van der Waals surface area contributed by atoms with Crippen molar-refractivity contribution in [3.63, 3.8) is 0 Å². The van der Waals surface area contributed by atoms with E-state index in [1.165, 1.54) is 6.07 Å². The molecule has 7 heteroatoms. The van der Waals surface area contributed by atoms with Crippen LogP contribution in [-0.4, -0.2) is 0 Å². The Labute approximate surface area is 117 Å². The smallest absolute Gasteiger partial charge is 0.398 e. The van der Waals surface area contributed by atoms with Crippen LogP contribution in [0.2, 0.25) is 0 Å². The average molecular weight is 302 g/mol. The highest BCUT2D eigenvalue weighted by Gasteiger charge is 2.33. The van der Waals surface area contributed by atoms with Crippen LogP contribution in [0.4, 0.5) is 33.3 Å². The second kappa shape index (κ2) is 5.59. The van der Waals surface area contributed by atoms with Crippen LogP contribution in [0.15, 0.2) is 36.4 Å². The molecule has 0 amide bonds. The number of nitrogen functional groups attached to an aromatic ring is 1. The third-order valence-electron chi connectivity index (χ3n) is 2.85. The van der Waals surface area contributed by atoms with Gasteiger partial charge in [0.2, 0.25) is 0 Å². The van der Waals surface area contributed by atoms with E-state index < -0.39 is 29.1 Å². The lowest BCUT2D eigenvalue weighted by Gasteiger charge is -2.13. The minimum Gasteiger partial charge on any atom is -0.398 e. The zero-order valence-corrected chi connectivity index (χ0v) is 10.6. The molecule has 2 rings (SSSR count). The van der Waals surface area contributed by atoms with Crippen LogP contribution in [0.3, 0.4) is 0 Å². The number of alkyl halides is 3. The number of benzene rings is 2. The van der Waals surface area contributed by atoms with Crippen molar-refractivity contribution in [2.24, 2.45) is 0 Å². The first-order valence-corrected chi connectivity index (χ1v) is 5.92. The topological polar surface area (TPSA) is 38.0 Å². The predicted molar refractivity (Wildman–Crippen MR) is 69.5 cm³/mol. The van der Waals surface area contributed by atoms with Crippen molar-refractivity contribution in [3.05, 3.63) is 59.2 Å². The molecule has 2 aromatic rings. The van der Waals surface area contributed by atoms with E-state index >= 15 is 0 Å². The highest BCUT2D eigenvalue weighted by atomic mass is 19.4. The maximum atomic E-state index is 13.4.